The number of nitrogens with zero attached hydrogens (tertiary/aromatic N) is 2. The van der Waals surface area contributed by atoms with E-state index in [0.29, 0.717) is 28.2 Å². The summed E-state index contributed by atoms with van der Waals surface area (Å²) in [5.41, 5.74) is 7.79. The number of esters is 1. The number of benzene rings is 2. The van der Waals surface area contributed by atoms with Crippen LogP contribution >= 0.6 is 0 Å². The number of halogens is 2. The molecular weight excluding hydrogens is 392 g/mol. The molecule has 1 aromatic heterocycles. The van der Waals surface area contributed by atoms with Gasteiger partial charge in [0.15, 0.2) is 0 Å². The maximum Gasteiger partial charge on any atom is 0.309 e. The molecule has 0 aliphatic heterocycles. The maximum atomic E-state index is 14.6. The minimum atomic E-state index is -0.788. The quantitative estimate of drug-likeness (QED) is 0.648. The Balaban J connectivity index is 1.98. The molecular formula is C22H19F2N3O3. The molecule has 0 saturated heterocycles. The molecule has 3 aromatic rings. The number of aromatic nitrogens is 2. The molecule has 0 spiro atoms. The lowest BCUT2D eigenvalue weighted by Crippen LogP contribution is -2.17. The molecule has 30 heavy (non-hydrogen) atoms. The first-order chi connectivity index (χ1) is 14.2. The lowest BCUT2D eigenvalue weighted by Gasteiger charge is -2.11. The minimum absolute atomic E-state index is 0.0676. The summed E-state index contributed by atoms with van der Waals surface area (Å²) in [6.45, 7) is 3.38. The summed E-state index contributed by atoms with van der Waals surface area (Å²) in [6.07, 6.45) is -0.225. The van der Waals surface area contributed by atoms with E-state index in [1.54, 1.807) is 38.1 Å². The molecule has 0 radical (unpaired) electrons. The molecule has 0 saturated carbocycles. The highest BCUT2D eigenvalue weighted by atomic mass is 19.1. The number of hydrogen-bond donors (Lipinski definition) is 1. The van der Waals surface area contributed by atoms with Gasteiger partial charge >= 0.3 is 5.97 Å². The van der Waals surface area contributed by atoms with E-state index in [9.17, 15) is 18.4 Å². The first kappa shape index (κ1) is 21.0. The number of methoxy groups -OCH3 is 1. The fraction of sp³-hybridized carbons (Fsp3) is 0.182. The van der Waals surface area contributed by atoms with Crippen LogP contribution in [0, 0.1) is 25.5 Å². The average molecular weight is 411 g/mol. The molecule has 8 heteroatoms. The smallest absolute Gasteiger partial charge is 0.309 e. The highest BCUT2D eigenvalue weighted by molar-refractivity contribution is 5.92. The monoisotopic (exact) mass is 411 g/mol. The van der Waals surface area contributed by atoms with Crippen LogP contribution in [0.5, 0.6) is 0 Å². The Bertz CT molecular complexity index is 1120. The predicted octanol–water partition coefficient (Wildman–Crippen LogP) is 3.52. The van der Waals surface area contributed by atoms with Gasteiger partial charge in [0.05, 0.1) is 36.2 Å². The Morgan fingerprint density at radius 3 is 2.07 bits per heavy atom. The molecule has 154 valence electrons. The van der Waals surface area contributed by atoms with Crippen molar-refractivity contribution in [3.8, 4) is 22.4 Å². The summed E-state index contributed by atoms with van der Waals surface area (Å²) in [5, 5.41) is 0. The molecule has 0 bridgehead atoms. The van der Waals surface area contributed by atoms with Crippen molar-refractivity contribution in [3.63, 3.8) is 0 Å². The Morgan fingerprint density at radius 2 is 1.53 bits per heavy atom. The number of rotatable bonds is 5. The second kappa shape index (κ2) is 8.36. The summed E-state index contributed by atoms with van der Waals surface area (Å²) in [6, 6.07) is 8.57. The van der Waals surface area contributed by atoms with Gasteiger partial charge in [-0.15, -0.1) is 0 Å². The van der Waals surface area contributed by atoms with Crippen molar-refractivity contribution >= 4 is 11.9 Å². The highest BCUT2D eigenvalue weighted by Crippen LogP contribution is 2.30. The molecule has 2 N–H and O–H groups in total. The van der Waals surface area contributed by atoms with Gasteiger partial charge in [0.25, 0.3) is 5.91 Å². The van der Waals surface area contributed by atoms with Gasteiger partial charge in [-0.05, 0) is 37.1 Å². The van der Waals surface area contributed by atoms with Gasteiger partial charge in [-0.1, -0.05) is 24.3 Å². The number of amides is 1. The second-order valence-corrected chi connectivity index (χ2v) is 6.72. The number of carbonyl (C=O) groups is 2. The van der Waals surface area contributed by atoms with Gasteiger partial charge < -0.3 is 10.5 Å². The van der Waals surface area contributed by atoms with Gasteiger partial charge in [-0.25, -0.2) is 13.8 Å². The van der Waals surface area contributed by atoms with Crippen molar-refractivity contribution in [1.82, 2.24) is 9.97 Å². The van der Waals surface area contributed by atoms with E-state index in [-0.39, 0.29) is 23.2 Å². The number of carbonyl (C=O) groups excluding carboxylic acids is 2. The molecule has 3 rings (SSSR count). The van der Waals surface area contributed by atoms with Crippen molar-refractivity contribution in [2.75, 3.05) is 7.11 Å². The van der Waals surface area contributed by atoms with Gasteiger partial charge in [-0.3, -0.25) is 14.6 Å². The minimum Gasteiger partial charge on any atom is -0.469 e. The largest absolute Gasteiger partial charge is 0.469 e. The normalized spacial score (nSPS) is 10.7. The Morgan fingerprint density at radius 1 is 0.967 bits per heavy atom. The van der Waals surface area contributed by atoms with Crippen LogP contribution in [0.4, 0.5) is 8.78 Å². The van der Waals surface area contributed by atoms with Crippen LogP contribution < -0.4 is 5.73 Å². The zero-order chi connectivity index (χ0) is 22.0. The zero-order valence-electron chi connectivity index (χ0n) is 16.6. The maximum absolute atomic E-state index is 14.6. The summed E-state index contributed by atoms with van der Waals surface area (Å²) < 4.78 is 33.6. The summed E-state index contributed by atoms with van der Waals surface area (Å²) >= 11 is 0. The highest BCUT2D eigenvalue weighted by Gasteiger charge is 2.17. The Hall–Kier alpha value is -3.68. The molecule has 0 unspecified atom stereocenters. The van der Waals surface area contributed by atoms with Crippen molar-refractivity contribution < 1.29 is 23.1 Å². The SMILES string of the molecule is COC(=O)Cc1cc(F)c(-c2ccc(-c3nc(C(N)=O)c(C)nc3C)cc2)c(F)c1. The van der Waals surface area contributed by atoms with Gasteiger partial charge in [0.1, 0.15) is 17.3 Å². The topological polar surface area (TPSA) is 95.2 Å². The predicted molar refractivity (Wildman–Crippen MR) is 107 cm³/mol. The standard InChI is InChI=1S/C22H19F2N3O3/c1-11-20(27-21(22(25)29)12(2)26-11)15-6-4-14(5-7-15)19-16(23)8-13(9-17(19)24)10-18(28)30-3/h4-9H,10H2,1-3H3,(H2,25,29). The van der Waals surface area contributed by atoms with Crippen LogP contribution in [0.15, 0.2) is 36.4 Å². The number of hydrogen-bond acceptors (Lipinski definition) is 5. The molecule has 0 aliphatic rings. The summed E-state index contributed by atoms with van der Waals surface area (Å²) in [5.74, 6) is -2.85. The molecule has 0 fully saturated rings. The van der Waals surface area contributed by atoms with E-state index in [0.717, 1.165) is 12.1 Å². The Kier molecular flexibility index (Phi) is 5.86. The zero-order valence-corrected chi connectivity index (χ0v) is 16.6. The number of nitrogens with two attached hydrogens (primary N) is 1. The van der Waals surface area contributed by atoms with Crippen LogP contribution in [0.2, 0.25) is 0 Å². The van der Waals surface area contributed by atoms with Crippen molar-refractivity contribution in [3.05, 3.63) is 70.7 Å². The molecule has 1 amide bonds. The Labute approximate surface area is 171 Å². The molecule has 1 heterocycles. The van der Waals surface area contributed by atoms with E-state index < -0.39 is 23.5 Å². The number of ether oxygens (including phenoxy) is 1. The van der Waals surface area contributed by atoms with Gasteiger partial charge in [0, 0.05) is 5.56 Å². The van der Waals surface area contributed by atoms with Gasteiger partial charge in [-0.2, -0.15) is 0 Å². The van der Waals surface area contributed by atoms with E-state index in [1.807, 2.05) is 0 Å². The van der Waals surface area contributed by atoms with Crippen LogP contribution in [-0.4, -0.2) is 29.0 Å². The van der Waals surface area contributed by atoms with E-state index in [2.05, 4.69) is 14.7 Å². The number of aryl methyl sites for hydroxylation is 2. The summed E-state index contributed by atoms with van der Waals surface area (Å²) in [7, 11) is 1.21. The van der Waals surface area contributed by atoms with Crippen molar-refractivity contribution in [2.45, 2.75) is 20.3 Å². The van der Waals surface area contributed by atoms with Crippen molar-refractivity contribution in [2.24, 2.45) is 5.73 Å². The lowest BCUT2D eigenvalue weighted by molar-refractivity contribution is -0.139. The molecule has 0 atom stereocenters. The van der Waals surface area contributed by atoms with E-state index in [4.69, 9.17) is 5.73 Å². The first-order valence-corrected chi connectivity index (χ1v) is 9.01. The van der Waals surface area contributed by atoms with E-state index in [1.165, 1.54) is 7.11 Å². The lowest BCUT2D eigenvalue weighted by atomic mass is 9.99. The first-order valence-electron chi connectivity index (χ1n) is 9.01. The van der Waals surface area contributed by atoms with Crippen LogP contribution in [-0.2, 0) is 16.0 Å². The average Bonchev–Trinajstić information content (AvgIpc) is 2.68. The number of primary amides is 1. The third-order valence-electron chi connectivity index (χ3n) is 4.60. The van der Waals surface area contributed by atoms with Crippen molar-refractivity contribution in [1.29, 1.82) is 0 Å². The third-order valence-corrected chi connectivity index (χ3v) is 4.60. The fourth-order valence-corrected chi connectivity index (χ4v) is 3.17. The van der Waals surface area contributed by atoms with Crippen LogP contribution in [0.3, 0.4) is 0 Å². The fourth-order valence-electron chi connectivity index (χ4n) is 3.17. The molecule has 2 aromatic carbocycles. The third kappa shape index (κ3) is 4.17. The van der Waals surface area contributed by atoms with E-state index >= 15 is 0 Å². The van der Waals surface area contributed by atoms with Crippen LogP contribution in [0.25, 0.3) is 22.4 Å². The van der Waals surface area contributed by atoms with Gasteiger partial charge in [0.2, 0.25) is 0 Å². The second-order valence-electron chi connectivity index (χ2n) is 6.72. The molecule has 6 nitrogen and oxygen atoms in total. The summed E-state index contributed by atoms with van der Waals surface area (Å²) in [4.78, 5) is 31.5. The van der Waals surface area contributed by atoms with Crippen LogP contribution in [0.1, 0.15) is 27.4 Å². The molecule has 0 aliphatic carbocycles.